The molecular weight excluding hydrogens is 446 g/mol. The van der Waals surface area contributed by atoms with Gasteiger partial charge in [-0.25, -0.2) is 9.59 Å². The van der Waals surface area contributed by atoms with Gasteiger partial charge in [0.15, 0.2) is 0 Å². The molecule has 0 N–H and O–H groups in total. The Morgan fingerprint density at radius 3 is 2.14 bits per heavy atom. The van der Waals surface area contributed by atoms with E-state index < -0.39 is 5.97 Å². The highest BCUT2D eigenvalue weighted by Crippen LogP contribution is 2.27. The lowest BCUT2D eigenvalue weighted by Gasteiger charge is -2.11. The minimum absolute atomic E-state index is 0.183. The molecule has 0 saturated heterocycles. The Morgan fingerprint density at radius 1 is 0.971 bits per heavy atom. The minimum Gasteiger partial charge on any atom is -0.492 e. The Balaban J connectivity index is 1.51. The number of benzene rings is 2. The van der Waals surface area contributed by atoms with E-state index >= 15 is 0 Å². The Morgan fingerprint density at radius 2 is 1.57 bits per heavy atom. The number of aryl methyl sites for hydroxylation is 1. The monoisotopic (exact) mass is 475 g/mol. The van der Waals surface area contributed by atoms with Crippen LogP contribution in [0, 0.1) is 6.92 Å². The van der Waals surface area contributed by atoms with E-state index in [-0.39, 0.29) is 5.69 Å². The van der Waals surface area contributed by atoms with Gasteiger partial charge >= 0.3 is 11.7 Å². The number of aromatic nitrogens is 2. The molecule has 182 valence electrons. The third-order valence-corrected chi connectivity index (χ3v) is 5.54. The highest BCUT2D eigenvalue weighted by Gasteiger charge is 2.17. The summed E-state index contributed by atoms with van der Waals surface area (Å²) in [4.78, 5) is 27.2. The number of carbonyl (C=O) groups is 1. The van der Waals surface area contributed by atoms with Crippen LogP contribution in [0.15, 0.2) is 76.2 Å². The smallest absolute Gasteiger partial charge is 0.341 e. The van der Waals surface area contributed by atoms with Crippen LogP contribution in [0.4, 0.5) is 0 Å². The second-order valence-electron chi connectivity index (χ2n) is 8.31. The summed E-state index contributed by atoms with van der Waals surface area (Å²) in [6.07, 6.45) is 3.47. The van der Waals surface area contributed by atoms with Crippen LogP contribution in [0.25, 0.3) is 22.7 Å². The van der Waals surface area contributed by atoms with Crippen molar-refractivity contribution < 1.29 is 18.7 Å². The number of likely N-dealkylation sites (N-methyl/N-ethyl adjacent to an activating group) is 1. The molecule has 35 heavy (non-hydrogen) atoms. The van der Waals surface area contributed by atoms with Gasteiger partial charge in [0.2, 0.25) is 0 Å². The maximum atomic E-state index is 13.1. The largest absolute Gasteiger partial charge is 0.492 e. The number of hydrogen-bond donors (Lipinski definition) is 0. The number of carbonyl (C=O) groups excluding carboxylic acids is 1. The second-order valence-corrected chi connectivity index (χ2v) is 8.31. The molecule has 2 heterocycles. The summed E-state index contributed by atoms with van der Waals surface area (Å²) in [7, 11) is 3.99. The van der Waals surface area contributed by atoms with Crippen molar-refractivity contribution in [3.8, 4) is 28.4 Å². The second kappa shape index (κ2) is 10.5. The molecule has 8 heteroatoms. The first kappa shape index (κ1) is 24.1. The van der Waals surface area contributed by atoms with Gasteiger partial charge in [0.25, 0.3) is 0 Å². The molecule has 0 aliphatic rings. The summed E-state index contributed by atoms with van der Waals surface area (Å²) in [6, 6.07) is 16.5. The van der Waals surface area contributed by atoms with Gasteiger partial charge < -0.3 is 18.8 Å². The zero-order valence-electron chi connectivity index (χ0n) is 20.4. The van der Waals surface area contributed by atoms with Crippen molar-refractivity contribution in [2.45, 2.75) is 13.8 Å². The molecule has 0 aliphatic heterocycles. The highest BCUT2D eigenvalue weighted by atomic mass is 16.5. The topological polar surface area (TPSA) is 78.8 Å². The molecule has 0 bridgehead atoms. The van der Waals surface area contributed by atoms with Crippen LogP contribution >= 0.6 is 0 Å². The van der Waals surface area contributed by atoms with Crippen LogP contribution in [0.3, 0.4) is 0 Å². The number of esters is 1. The zero-order chi connectivity index (χ0) is 24.9. The van der Waals surface area contributed by atoms with Crippen molar-refractivity contribution in [2.24, 2.45) is 0 Å². The molecule has 4 aromatic rings. The average molecular weight is 476 g/mol. The van der Waals surface area contributed by atoms with Crippen LogP contribution < -0.4 is 10.4 Å². The van der Waals surface area contributed by atoms with Crippen molar-refractivity contribution >= 4 is 5.97 Å². The molecule has 2 aromatic carbocycles. The molecule has 0 radical (unpaired) electrons. The Hall–Kier alpha value is -4.04. The van der Waals surface area contributed by atoms with Gasteiger partial charge in [-0.05, 0) is 82.5 Å². The average Bonchev–Trinajstić information content (AvgIpc) is 3.42. The molecule has 0 fully saturated rings. The third kappa shape index (κ3) is 5.38. The predicted molar refractivity (Wildman–Crippen MR) is 134 cm³/mol. The predicted octanol–water partition coefficient (Wildman–Crippen LogP) is 4.31. The number of ether oxygens (including phenoxy) is 2. The molecule has 0 atom stereocenters. The lowest BCUT2D eigenvalue weighted by molar-refractivity contribution is 0.0524. The summed E-state index contributed by atoms with van der Waals surface area (Å²) >= 11 is 0. The van der Waals surface area contributed by atoms with Crippen molar-refractivity contribution in [1.29, 1.82) is 0 Å². The SMILES string of the molecule is CCOC(=O)c1cc(-c2ccc(-n3ccn(-c4ccc(OCCN(C)C)cc4)c3=O)cc2)oc1C. The van der Waals surface area contributed by atoms with Gasteiger partial charge in [0, 0.05) is 24.5 Å². The van der Waals surface area contributed by atoms with Crippen LogP contribution in [0.2, 0.25) is 0 Å². The first-order chi connectivity index (χ1) is 16.9. The van der Waals surface area contributed by atoms with E-state index in [1.54, 1.807) is 41.4 Å². The molecule has 2 aromatic heterocycles. The van der Waals surface area contributed by atoms with E-state index in [2.05, 4.69) is 4.90 Å². The Kier molecular flexibility index (Phi) is 7.22. The lowest BCUT2D eigenvalue weighted by Crippen LogP contribution is -2.21. The fraction of sp³-hybridized carbons (Fsp3) is 0.259. The third-order valence-electron chi connectivity index (χ3n) is 5.54. The van der Waals surface area contributed by atoms with Crippen LogP contribution in [-0.2, 0) is 4.74 Å². The van der Waals surface area contributed by atoms with Gasteiger partial charge in [-0.2, -0.15) is 0 Å². The van der Waals surface area contributed by atoms with Gasteiger partial charge in [0.05, 0.1) is 18.0 Å². The molecule has 8 nitrogen and oxygen atoms in total. The number of furan rings is 1. The number of imidazole rings is 1. The van der Waals surface area contributed by atoms with Gasteiger partial charge in [-0.3, -0.25) is 9.13 Å². The number of rotatable bonds is 9. The zero-order valence-corrected chi connectivity index (χ0v) is 20.4. The van der Waals surface area contributed by atoms with Gasteiger partial charge in [0.1, 0.15) is 29.4 Å². The standard InChI is InChI=1S/C27H29N3O5/c1-5-33-26(31)24-18-25(35-19(24)2)20-6-8-21(9-7-20)29-14-15-30(27(29)32)22-10-12-23(13-11-22)34-17-16-28(3)4/h6-15,18H,5,16-17H2,1-4H3. The van der Waals surface area contributed by atoms with Crippen molar-refractivity contribution in [2.75, 3.05) is 33.9 Å². The molecule has 0 spiro atoms. The number of nitrogens with zero attached hydrogens (tertiary/aromatic N) is 3. The van der Waals surface area contributed by atoms with Crippen molar-refractivity contribution in [3.63, 3.8) is 0 Å². The first-order valence-corrected chi connectivity index (χ1v) is 11.4. The summed E-state index contributed by atoms with van der Waals surface area (Å²) in [5.74, 6) is 1.43. The first-order valence-electron chi connectivity index (χ1n) is 11.4. The van der Waals surface area contributed by atoms with E-state index in [0.29, 0.717) is 30.3 Å². The minimum atomic E-state index is -0.405. The maximum absolute atomic E-state index is 13.1. The molecule has 4 rings (SSSR count). The van der Waals surface area contributed by atoms with E-state index in [1.807, 2.05) is 62.6 Å². The molecular formula is C27H29N3O5. The molecule has 0 unspecified atom stereocenters. The molecule has 0 amide bonds. The Labute approximate surface area is 203 Å². The quantitative estimate of drug-likeness (QED) is 0.336. The summed E-state index contributed by atoms with van der Waals surface area (Å²) < 4.78 is 19.7. The van der Waals surface area contributed by atoms with Gasteiger partial charge in [-0.15, -0.1) is 0 Å². The maximum Gasteiger partial charge on any atom is 0.341 e. The summed E-state index contributed by atoms with van der Waals surface area (Å²) in [5.41, 5.74) is 2.49. The molecule has 0 saturated carbocycles. The van der Waals surface area contributed by atoms with E-state index in [9.17, 15) is 9.59 Å². The van der Waals surface area contributed by atoms with Gasteiger partial charge in [-0.1, -0.05) is 0 Å². The lowest BCUT2D eigenvalue weighted by atomic mass is 10.1. The van der Waals surface area contributed by atoms with Crippen LogP contribution in [0.5, 0.6) is 5.75 Å². The summed E-state index contributed by atoms with van der Waals surface area (Å²) in [6.45, 7) is 5.22. The fourth-order valence-electron chi connectivity index (χ4n) is 3.64. The normalized spacial score (nSPS) is 11.1. The Bertz CT molecular complexity index is 1340. The number of hydrogen-bond acceptors (Lipinski definition) is 6. The highest BCUT2D eigenvalue weighted by molar-refractivity contribution is 5.91. The molecule has 0 aliphatic carbocycles. The van der Waals surface area contributed by atoms with Crippen LogP contribution in [-0.4, -0.2) is 53.9 Å². The van der Waals surface area contributed by atoms with E-state index in [1.165, 1.54) is 0 Å². The van der Waals surface area contributed by atoms with E-state index in [0.717, 1.165) is 29.2 Å². The van der Waals surface area contributed by atoms with Crippen LogP contribution in [0.1, 0.15) is 23.0 Å². The van der Waals surface area contributed by atoms with E-state index in [4.69, 9.17) is 13.9 Å². The van der Waals surface area contributed by atoms with Crippen molar-refractivity contribution in [1.82, 2.24) is 14.0 Å². The fourth-order valence-corrected chi connectivity index (χ4v) is 3.64. The summed E-state index contributed by atoms with van der Waals surface area (Å²) in [5, 5.41) is 0. The van der Waals surface area contributed by atoms with Crippen molar-refractivity contribution in [3.05, 3.63) is 88.8 Å².